The molecule has 2 aromatic rings. The molecule has 0 atom stereocenters. The van der Waals surface area contributed by atoms with Crippen molar-refractivity contribution in [3.63, 3.8) is 0 Å². The van der Waals surface area contributed by atoms with Gasteiger partial charge >= 0.3 is 0 Å². The van der Waals surface area contributed by atoms with Gasteiger partial charge in [0.15, 0.2) is 6.61 Å². The van der Waals surface area contributed by atoms with Gasteiger partial charge in [-0.1, -0.05) is 12.1 Å². The van der Waals surface area contributed by atoms with Crippen molar-refractivity contribution in [2.45, 2.75) is 4.90 Å². The maximum atomic E-state index is 12.4. The predicted octanol–water partition coefficient (Wildman–Crippen LogP) is 3.02. The predicted molar refractivity (Wildman–Crippen MR) is 86.8 cm³/mol. The van der Waals surface area contributed by atoms with E-state index >= 15 is 0 Å². The number of rotatable bonds is 4. The van der Waals surface area contributed by atoms with Gasteiger partial charge in [-0.05, 0) is 36.4 Å². The number of benzene rings is 2. The summed E-state index contributed by atoms with van der Waals surface area (Å²) in [7, 11) is 0. The van der Waals surface area contributed by atoms with E-state index in [0.29, 0.717) is 17.9 Å². The van der Waals surface area contributed by atoms with Gasteiger partial charge in [0.2, 0.25) is 0 Å². The average Bonchev–Trinajstić information content (AvgIpc) is 2.59. The molecule has 0 aromatic heterocycles. The van der Waals surface area contributed by atoms with Crippen LogP contribution in [-0.2, 0) is 4.79 Å². The lowest BCUT2D eigenvalue weighted by molar-refractivity contribution is -0.120. The second-order valence-electron chi connectivity index (χ2n) is 4.84. The number of carbonyl (C=O) groups is 2. The highest BCUT2D eigenvalue weighted by Gasteiger charge is 2.22. The van der Waals surface area contributed by atoms with Crippen LogP contribution in [0, 0.1) is 0 Å². The summed E-state index contributed by atoms with van der Waals surface area (Å²) in [5.41, 5.74) is 1.53. The lowest BCUT2D eigenvalue weighted by atomic mass is 10.2. The van der Waals surface area contributed by atoms with Crippen LogP contribution in [0.15, 0.2) is 53.4 Å². The highest BCUT2D eigenvalue weighted by molar-refractivity contribution is 7.99. The highest BCUT2D eigenvalue weighted by Crippen LogP contribution is 2.34. The molecule has 112 valence electrons. The maximum Gasteiger partial charge on any atom is 0.264 e. The van der Waals surface area contributed by atoms with Crippen molar-refractivity contribution in [2.24, 2.45) is 0 Å². The first-order chi connectivity index (χ1) is 10.8. The van der Waals surface area contributed by atoms with Crippen LogP contribution < -0.4 is 9.64 Å². The molecular weight excluding hydrogens is 298 g/mol. The fraction of sp³-hybridized carbons (Fsp3) is 0.176. The number of amides is 1. The Morgan fingerprint density at radius 2 is 1.95 bits per heavy atom. The summed E-state index contributed by atoms with van der Waals surface area (Å²) in [6.45, 7) is 0.674. The molecule has 0 fully saturated rings. The molecule has 0 saturated heterocycles. The van der Waals surface area contributed by atoms with E-state index in [-0.39, 0.29) is 12.5 Å². The third kappa shape index (κ3) is 3.14. The van der Waals surface area contributed by atoms with Crippen LogP contribution in [0.1, 0.15) is 10.4 Å². The normalized spacial score (nSPS) is 13.4. The van der Waals surface area contributed by atoms with E-state index in [1.807, 2.05) is 24.3 Å². The molecule has 4 nitrogen and oxygen atoms in total. The van der Waals surface area contributed by atoms with Gasteiger partial charge in [-0.2, -0.15) is 0 Å². The summed E-state index contributed by atoms with van der Waals surface area (Å²) in [6.07, 6.45) is 0.775. The summed E-state index contributed by atoms with van der Waals surface area (Å²) in [5.74, 6) is 1.40. The Labute approximate surface area is 133 Å². The molecule has 1 heterocycles. The van der Waals surface area contributed by atoms with Crippen LogP contribution in [-0.4, -0.2) is 31.1 Å². The molecule has 0 bridgehead atoms. The van der Waals surface area contributed by atoms with Crippen molar-refractivity contribution >= 4 is 29.6 Å². The van der Waals surface area contributed by atoms with Crippen LogP contribution >= 0.6 is 11.8 Å². The van der Waals surface area contributed by atoms with Gasteiger partial charge in [0.05, 0.1) is 5.69 Å². The number of ether oxygens (including phenoxy) is 1. The Hall–Kier alpha value is -2.27. The fourth-order valence-electron chi connectivity index (χ4n) is 2.29. The zero-order valence-corrected chi connectivity index (χ0v) is 12.7. The average molecular weight is 313 g/mol. The first-order valence-electron chi connectivity index (χ1n) is 6.98. The molecule has 0 unspecified atom stereocenters. The Balaban J connectivity index is 1.66. The largest absolute Gasteiger partial charge is 0.484 e. The minimum Gasteiger partial charge on any atom is -0.484 e. The number of aldehydes is 1. The SMILES string of the molecule is O=Cc1ccc(OCC(=O)N2CCSc3ccccc32)cc1. The minimum absolute atomic E-state index is 0.0144. The topological polar surface area (TPSA) is 46.6 Å². The van der Waals surface area contributed by atoms with Gasteiger partial charge in [-0.3, -0.25) is 9.59 Å². The van der Waals surface area contributed by atoms with Gasteiger partial charge in [-0.25, -0.2) is 0 Å². The van der Waals surface area contributed by atoms with Crippen LogP contribution in [0.2, 0.25) is 0 Å². The molecule has 22 heavy (non-hydrogen) atoms. The Kier molecular flexibility index (Phi) is 4.44. The van der Waals surface area contributed by atoms with Crippen LogP contribution in [0.4, 0.5) is 5.69 Å². The molecule has 0 aliphatic carbocycles. The van der Waals surface area contributed by atoms with Crippen molar-refractivity contribution in [1.29, 1.82) is 0 Å². The van der Waals surface area contributed by atoms with E-state index in [9.17, 15) is 9.59 Å². The second-order valence-corrected chi connectivity index (χ2v) is 5.97. The third-order valence-electron chi connectivity index (χ3n) is 3.41. The molecule has 1 amide bonds. The standard InChI is InChI=1S/C17H15NO3S/c19-11-13-5-7-14(8-6-13)21-12-17(20)18-9-10-22-16-4-2-1-3-15(16)18/h1-8,11H,9-10,12H2. The summed E-state index contributed by atoms with van der Waals surface area (Å²) in [4.78, 5) is 25.9. The van der Waals surface area contributed by atoms with Crippen molar-refractivity contribution in [3.8, 4) is 5.75 Å². The number of nitrogens with zero attached hydrogens (tertiary/aromatic N) is 1. The van der Waals surface area contributed by atoms with Gasteiger partial charge in [-0.15, -0.1) is 11.8 Å². The molecule has 0 saturated carbocycles. The number of hydrogen-bond donors (Lipinski definition) is 0. The van der Waals surface area contributed by atoms with E-state index in [1.165, 1.54) is 0 Å². The van der Waals surface area contributed by atoms with E-state index < -0.39 is 0 Å². The molecule has 3 rings (SSSR count). The lowest BCUT2D eigenvalue weighted by Gasteiger charge is -2.28. The zero-order chi connectivity index (χ0) is 15.4. The van der Waals surface area contributed by atoms with Gasteiger partial charge in [0.25, 0.3) is 5.91 Å². The molecule has 0 N–H and O–H groups in total. The first kappa shape index (κ1) is 14.7. The lowest BCUT2D eigenvalue weighted by Crippen LogP contribution is -2.38. The highest BCUT2D eigenvalue weighted by atomic mass is 32.2. The molecule has 1 aliphatic heterocycles. The quantitative estimate of drug-likeness (QED) is 0.814. The number of thioether (sulfide) groups is 1. The number of hydrogen-bond acceptors (Lipinski definition) is 4. The van der Waals surface area contributed by atoms with E-state index in [4.69, 9.17) is 4.74 Å². The van der Waals surface area contributed by atoms with Gasteiger partial charge in [0.1, 0.15) is 12.0 Å². The molecule has 1 aliphatic rings. The number of anilines is 1. The number of para-hydroxylation sites is 1. The monoisotopic (exact) mass is 313 g/mol. The molecule has 0 radical (unpaired) electrons. The van der Waals surface area contributed by atoms with E-state index in [2.05, 4.69) is 0 Å². The molecule has 0 spiro atoms. The number of carbonyl (C=O) groups excluding carboxylic acids is 2. The van der Waals surface area contributed by atoms with E-state index in [0.717, 1.165) is 22.6 Å². The molecule has 5 heteroatoms. The summed E-state index contributed by atoms with van der Waals surface area (Å²) in [5, 5.41) is 0. The van der Waals surface area contributed by atoms with Crippen LogP contribution in [0.3, 0.4) is 0 Å². The third-order valence-corrected chi connectivity index (χ3v) is 4.45. The van der Waals surface area contributed by atoms with Crippen molar-refractivity contribution < 1.29 is 14.3 Å². The number of fused-ring (bicyclic) bond motifs is 1. The van der Waals surface area contributed by atoms with Crippen molar-refractivity contribution in [3.05, 3.63) is 54.1 Å². The zero-order valence-electron chi connectivity index (χ0n) is 11.9. The first-order valence-corrected chi connectivity index (χ1v) is 7.97. The van der Waals surface area contributed by atoms with Crippen molar-refractivity contribution in [2.75, 3.05) is 23.8 Å². The minimum atomic E-state index is -0.0628. The summed E-state index contributed by atoms with van der Waals surface area (Å²) >= 11 is 1.76. The van der Waals surface area contributed by atoms with Gasteiger partial charge < -0.3 is 9.64 Å². The molecule has 2 aromatic carbocycles. The Morgan fingerprint density at radius 1 is 1.18 bits per heavy atom. The Morgan fingerprint density at radius 3 is 2.73 bits per heavy atom. The van der Waals surface area contributed by atoms with Crippen molar-refractivity contribution in [1.82, 2.24) is 0 Å². The summed E-state index contributed by atoms with van der Waals surface area (Å²) in [6, 6.07) is 14.6. The van der Waals surface area contributed by atoms with E-state index in [1.54, 1.807) is 40.9 Å². The smallest absolute Gasteiger partial charge is 0.264 e. The van der Waals surface area contributed by atoms with Gasteiger partial charge in [0, 0.05) is 22.8 Å². The van der Waals surface area contributed by atoms with Crippen LogP contribution in [0.25, 0.3) is 0 Å². The van der Waals surface area contributed by atoms with Crippen LogP contribution in [0.5, 0.6) is 5.75 Å². The second kappa shape index (κ2) is 6.66. The fourth-order valence-corrected chi connectivity index (χ4v) is 3.29. The Bertz CT molecular complexity index is 685. The molecular formula is C17H15NO3S. The maximum absolute atomic E-state index is 12.4. The summed E-state index contributed by atoms with van der Waals surface area (Å²) < 4.78 is 5.52.